The number of carbonyl (C=O) groups excluding carboxylic acids is 2. The monoisotopic (exact) mass is 424 g/mol. The summed E-state index contributed by atoms with van der Waals surface area (Å²) in [6.07, 6.45) is 0.496. The topological polar surface area (TPSA) is 79.5 Å². The van der Waals surface area contributed by atoms with Crippen molar-refractivity contribution in [1.29, 1.82) is 0 Å². The van der Waals surface area contributed by atoms with Crippen molar-refractivity contribution in [2.24, 2.45) is 0 Å². The van der Waals surface area contributed by atoms with E-state index in [1.807, 2.05) is 53.6 Å². The number of piperazine rings is 1. The molecule has 2 aromatic heterocycles. The van der Waals surface area contributed by atoms with Gasteiger partial charge in [-0.1, -0.05) is 41.1 Å². The van der Waals surface area contributed by atoms with Gasteiger partial charge in [-0.25, -0.2) is 0 Å². The lowest BCUT2D eigenvalue weighted by Crippen LogP contribution is -2.48. The molecule has 1 aliphatic heterocycles. The van der Waals surface area contributed by atoms with Crippen LogP contribution in [0.25, 0.3) is 10.7 Å². The van der Waals surface area contributed by atoms with Gasteiger partial charge in [0.2, 0.25) is 17.6 Å². The molecule has 1 saturated heterocycles. The summed E-state index contributed by atoms with van der Waals surface area (Å²) in [5, 5.41) is 6.02. The average molecular weight is 425 g/mol. The fraction of sp³-hybridized carbons (Fsp3) is 0.364. The number of rotatable bonds is 7. The second-order valence-electron chi connectivity index (χ2n) is 7.44. The molecule has 1 aromatic carbocycles. The second kappa shape index (κ2) is 9.32. The van der Waals surface area contributed by atoms with Crippen molar-refractivity contribution >= 4 is 23.0 Å². The normalized spacial score (nSPS) is 14.8. The van der Waals surface area contributed by atoms with Crippen LogP contribution in [0, 0.1) is 6.92 Å². The van der Waals surface area contributed by atoms with Gasteiger partial charge in [0, 0.05) is 44.6 Å². The van der Waals surface area contributed by atoms with Crippen LogP contribution in [-0.2, 0) is 11.3 Å². The molecule has 1 aliphatic rings. The number of benzene rings is 1. The Morgan fingerprint density at radius 2 is 1.83 bits per heavy atom. The van der Waals surface area contributed by atoms with Crippen LogP contribution < -0.4 is 0 Å². The van der Waals surface area contributed by atoms with Crippen molar-refractivity contribution in [2.45, 2.75) is 26.3 Å². The van der Waals surface area contributed by atoms with E-state index >= 15 is 0 Å². The summed E-state index contributed by atoms with van der Waals surface area (Å²) in [4.78, 5) is 34.3. The highest BCUT2D eigenvalue weighted by molar-refractivity contribution is 7.13. The lowest BCUT2D eigenvalue weighted by Gasteiger charge is -2.34. The van der Waals surface area contributed by atoms with Gasteiger partial charge >= 0.3 is 0 Å². The van der Waals surface area contributed by atoms with Crippen molar-refractivity contribution in [3.8, 4) is 10.7 Å². The molecule has 0 aliphatic carbocycles. The molecule has 8 heteroatoms. The Balaban J connectivity index is 1.21. The first-order valence-electron chi connectivity index (χ1n) is 10.0. The third-order valence-electron chi connectivity index (χ3n) is 5.23. The van der Waals surface area contributed by atoms with Gasteiger partial charge in [0.1, 0.15) is 0 Å². The van der Waals surface area contributed by atoms with Crippen LogP contribution in [0.1, 0.15) is 34.7 Å². The fourth-order valence-electron chi connectivity index (χ4n) is 3.43. The highest BCUT2D eigenvalue weighted by Gasteiger charge is 2.23. The minimum absolute atomic E-state index is 0.0138. The zero-order valence-electron chi connectivity index (χ0n) is 16.9. The van der Waals surface area contributed by atoms with E-state index in [-0.39, 0.29) is 24.5 Å². The van der Waals surface area contributed by atoms with Gasteiger partial charge in [-0.05, 0) is 18.4 Å². The molecule has 3 heterocycles. The molecule has 4 rings (SSSR count). The highest BCUT2D eigenvalue weighted by atomic mass is 32.1. The van der Waals surface area contributed by atoms with Crippen LogP contribution in [0.2, 0.25) is 0 Å². The Morgan fingerprint density at radius 3 is 2.53 bits per heavy atom. The molecule has 0 unspecified atom stereocenters. The Kier molecular flexibility index (Phi) is 6.35. The van der Waals surface area contributed by atoms with Gasteiger partial charge in [0.25, 0.3) is 0 Å². The smallest absolute Gasteiger partial charge is 0.241 e. The maximum absolute atomic E-state index is 12.5. The molecule has 0 radical (unpaired) electrons. The first-order chi connectivity index (χ1) is 14.6. The Labute approximate surface area is 179 Å². The quantitative estimate of drug-likeness (QED) is 0.541. The van der Waals surface area contributed by atoms with E-state index in [2.05, 4.69) is 15.0 Å². The van der Waals surface area contributed by atoms with E-state index in [9.17, 15) is 9.59 Å². The van der Waals surface area contributed by atoms with Crippen molar-refractivity contribution in [3.63, 3.8) is 0 Å². The number of hydrogen-bond donors (Lipinski definition) is 0. The molecule has 156 valence electrons. The number of Topliss-reactive ketones (excluding diaryl/α,β-unsaturated/α-hetero) is 1. The van der Waals surface area contributed by atoms with E-state index in [1.165, 1.54) is 0 Å². The van der Waals surface area contributed by atoms with E-state index in [1.54, 1.807) is 11.3 Å². The summed E-state index contributed by atoms with van der Waals surface area (Å²) in [6.45, 7) is 5.33. The summed E-state index contributed by atoms with van der Waals surface area (Å²) in [5.41, 5.74) is 1.78. The molecular weight excluding hydrogens is 400 g/mol. The molecule has 7 nitrogen and oxygen atoms in total. The van der Waals surface area contributed by atoms with Crippen molar-refractivity contribution in [3.05, 3.63) is 58.8 Å². The Morgan fingerprint density at radius 1 is 1.07 bits per heavy atom. The maximum Gasteiger partial charge on any atom is 0.241 e. The zero-order valence-corrected chi connectivity index (χ0v) is 17.7. The highest BCUT2D eigenvalue weighted by Crippen LogP contribution is 2.21. The predicted octanol–water partition coefficient (Wildman–Crippen LogP) is 3.41. The van der Waals surface area contributed by atoms with E-state index in [0.29, 0.717) is 36.9 Å². The first kappa shape index (κ1) is 20.4. The van der Waals surface area contributed by atoms with Crippen molar-refractivity contribution in [2.75, 3.05) is 26.2 Å². The van der Waals surface area contributed by atoms with Gasteiger partial charge in [-0.2, -0.15) is 4.98 Å². The second-order valence-corrected chi connectivity index (χ2v) is 8.38. The molecule has 0 spiro atoms. The van der Waals surface area contributed by atoms with Crippen LogP contribution >= 0.6 is 11.3 Å². The maximum atomic E-state index is 12.5. The molecule has 30 heavy (non-hydrogen) atoms. The molecular formula is C22H24N4O3S. The molecule has 0 N–H and O–H groups in total. The molecule has 3 aromatic rings. The number of aryl methyl sites for hydroxylation is 1. The van der Waals surface area contributed by atoms with E-state index in [0.717, 1.165) is 23.5 Å². The molecule has 1 fully saturated rings. The molecule has 0 bridgehead atoms. The number of thiophene rings is 1. The molecule has 1 amide bonds. The number of amides is 1. The lowest BCUT2D eigenvalue weighted by atomic mass is 10.0. The third kappa shape index (κ3) is 5.01. The Bertz CT molecular complexity index is 990. The van der Waals surface area contributed by atoms with Gasteiger partial charge in [0.15, 0.2) is 5.78 Å². The minimum atomic E-state index is 0.0138. The molecule has 0 atom stereocenters. The number of aromatic nitrogens is 2. The number of hydrogen-bond acceptors (Lipinski definition) is 7. The fourth-order valence-corrected chi connectivity index (χ4v) is 4.08. The van der Waals surface area contributed by atoms with Crippen LogP contribution in [-0.4, -0.2) is 57.8 Å². The lowest BCUT2D eigenvalue weighted by molar-refractivity contribution is -0.133. The van der Waals surface area contributed by atoms with Crippen molar-refractivity contribution in [1.82, 2.24) is 19.9 Å². The van der Waals surface area contributed by atoms with Crippen LogP contribution in [0.5, 0.6) is 0 Å². The van der Waals surface area contributed by atoms with Gasteiger partial charge in [0.05, 0.1) is 11.4 Å². The van der Waals surface area contributed by atoms with Gasteiger partial charge in [-0.3, -0.25) is 14.5 Å². The summed E-state index contributed by atoms with van der Waals surface area (Å²) < 4.78 is 5.37. The minimum Gasteiger partial charge on any atom is -0.340 e. The summed E-state index contributed by atoms with van der Waals surface area (Å²) in [7, 11) is 0. The van der Waals surface area contributed by atoms with Crippen LogP contribution in [0.4, 0.5) is 0 Å². The van der Waals surface area contributed by atoms with E-state index < -0.39 is 0 Å². The summed E-state index contributed by atoms with van der Waals surface area (Å²) in [6, 6.07) is 11.4. The summed E-state index contributed by atoms with van der Waals surface area (Å²) in [5.74, 6) is 1.25. The third-order valence-corrected chi connectivity index (χ3v) is 6.10. The average Bonchev–Trinajstić information content (AvgIpc) is 3.45. The predicted molar refractivity (Wildman–Crippen MR) is 114 cm³/mol. The molecule has 0 saturated carbocycles. The SMILES string of the molecule is Cc1ccc(C(=O)CCC(=O)N2CCN(Cc3nc(-c4cccs4)no3)CC2)cc1. The summed E-state index contributed by atoms with van der Waals surface area (Å²) >= 11 is 1.58. The van der Waals surface area contributed by atoms with Gasteiger partial charge in [-0.15, -0.1) is 11.3 Å². The number of ketones is 1. The van der Waals surface area contributed by atoms with Crippen LogP contribution in [0.3, 0.4) is 0 Å². The van der Waals surface area contributed by atoms with Gasteiger partial charge < -0.3 is 9.42 Å². The van der Waals surface area contributed by atoms with Crippen molar-refractivity contribution < 1.29 is 14.1 Å². The Hall–Kier alpha value is -2.84. The first-order valence-corrected chi connectivity index (χ1v) is 10.9. The van der Waals surface area contributed by atoms with Crippen LogP contribution in [0.15, 0.2) is 46.3 Å². The van der Waals surface area contributed by atoms with E-state index in [4.69, 9.17) is 4.52 Å². The zero-order chi connectivity index (χ0) is 20.9. The number of carbonyl (C=O) groups is 2. The number of nitrogens with zero attached hydrogens (tertiary/aromatic N) is 4. The standard InChI is InChI=1S/C22H24N4O3S/c1-16-4-6-17(7-5-16)18(27)8-9-21(28)26-12-10-25(11-13-26)15-20-23-22(24-29-20)19-3-2-14-30-19/h2-7,14H,8-13,15H2,1H3. The largest absolute Gasteiger partial charge is 0.340 e.